The molecule has 0 aromatic heterocycles. The molecule has 0 bridgehead atoms. The van der Waals surface area contributed by atoms with Gasteiger partial charge in [0.2, 0.25) is 0 Å². The van der Waals surface area contributed by atoms with Crippen LogP contribution in [-0.2, 0) is 19.5 Å². The minimum absolute atomic E-state index is 0. The summed E-state index contributed by atoms with van der Waals surface area (Å²) in [6, 6.07) is 0. The van der Waals surface area contributed by atoms with Crippen molar-refractivity contribution in [2.75, 3.05) is 0 Å². The normalized spacial score (nSPS) is 4.80. The van der Waals surface area contributed by atoms with Crippen LogP contribution in [-0.4, -0.2) is 35.4 Å². The Labute approximate surface area is 84.8 Å². The second-order valence-electron chi connectivity index (χ2n) is 0.500. The number of carbonyl (C=O) groups excluding carboxylic acids is 2. The molecule has 0 spiro atoms. The minimum atomic E-state index is -2.33. The van der Waals surface area contributed by atoms with Gasteiger partial charge in [0.25, 0.3) is 0 Å². The van der Waals surface area contributed by atoms with Crippen molar-refractivity contribution >= 4 is 35.4 Å². The molecule has 0 heterocycles. The summed E-state index contributed by atoms with van der Waals surface area (Å²) in [4.78, 5) is 16.7. The first-order valence-electron chi connectivity index (χ1n) is 1.22. The first-order chi connectivity index (χ1) is 3.46. The molecule has 8 heteroatoms. The van der Waals surface area contributed by atoms with Crippen LogP contribution >= 0.6 is 0 Å². The molecule has 10 heavy (non-hydrogen) atoms. The van der Waals surface area contributed by atoms with Crippen molar-refractivity contribution in [2.45, 2.75) is 0 Å². The van der Waals surface area contributed by atoms with E-state index in [9.17, 15) is 0 Å². The van der Waals surface area contributed by atoms with Crippen LogP contribution in [0.5, 0.6) is 0 Å². The molecule has 0 atom stereocenters. The smallest absolute Gasteiger partial charge is 0.652 e. The second-order valence-corrected chi connectivity index (χ2v) is 0.500. The molecule has 0 aliphatic rings. The Morgan fingerprint density at radius 3 is 0.800 bits per heavy atom. The van der Waals surface area contributed by atoms with Gasteiger partial charge < -0.3 is 30.0 Å². The predicted octanol–water partition coefficient (Wildman–Crippen LogP) is -5.28. The Morgan fingerprint density at radius 1 is 0.800 bits per heavy atom. The molecular weight excluding hydrogens is 210 g/mol. The molecule has 0 unspecified atom stereocenters. The first kappa shape index (κ1) is 22.5. The molecule has 48 valence electrons. The van der Waals surface area contributed by atoms with Crippen LogP contribution in [0.25, 0.3) is 0 Å². The van der Waals surface area contributed by atoms with E-state index in [0.717, 1.165) is 0 Å². The summed E-state index contributed by atoms with van der Waals surface area (Å²) < 4.78 is 0. The van der Waals surface area contributed by atoms with Crippen LogP contribution in [0.3, 0.4) is 0 Å². The SMILES string of the molecule is O=C([O-])[O-].O=C([O-])[O-].[Mg+2].[Zn+2]. The van der Waals surface area contributed by atoms with Gasteiger partial charge in [-0.2, -0.15) is 0 Å². The van der Waals surface area contributed by atoms with Crippen LogP contribution in [0.15, 0.2) is 0 Å². The molecule has 0 aromatic carbocycles. The monoisotopic (exact) mass is 208 g/mol. The Hall–Kier alpha value is -0.0704. The van der Waals surface area contributed by atoms with Gasteiger partial charge in [0.15, 0.2) is 0 Å². The van der Waals surface area contributed by atoms with E-state index < -0.39 is 12.3 Å². The Kier molecular flexibility index (Phi) is 36.0. The summed E-state index contributed by atoms with van der Waals surface area (Å²) >= 11 is 0. The Bertz CT molecular complexity index is 73.7. The fourth-order valence-corrected chi connectivity index (χ4v) is 0. The fraction of sp³-hybridized carbons (Fsp3) is 0. The quantitative estimate of drug-likeness (QED) is 0.367. The third-order valence-electron chi connectivity index (χ3n) is 0. The topological polar surface area (TPSA) is 126 Å². The van der Waals surface area contributed by atoms with Crippen LogP contribution in [0.1, 0.15) is 0 Å². The van der Waals surface area contributed by atoms with Crippen molar-refractivity contribution in [3.63, 3.8) is 0 Å². The zero-order valence-corrected chi connectivity index (χ0v) is 9.25. The van der Waals surface area contributed by atoms with E-state index in [1.807, 2.05) is 0 Å². The van der Waals surface area contributed by atoms with Gasteiger partial charge in [-0.1, -0.05) is 0 Å². The molecule has 0 saturated carbocycles. The van der Waals surface area contributed by atoms with Gasteiger partial charge >= 0.3 is 42.5 Å². The molecule has 0 fully saturated rings. The van der Waals surface area contributed by atoms with Crippen molar-refractivity contribution in [1.82, 2.24) is 0 Å². The van der Waals surface area contributed by atoms with E-state index in [0.29, 0.717) is 0 Å². The number of rotatable bonds is 0. The summed E-state index contributed by atoms with van der Waals surface area (Å²) in [6.45, 7) is 0. The van der Waals surface area contributed by atoms with E-state index in [1.54, 1.807) is 0 Å². The molecule has 0 aromatic rings. The molecule has 6 nitrogen and oxygen atoms in total. The number of hydrogen-bond donors (Lipinski definition) is 0. The van der Waals surface area contributed by atoms with Crippen molar-refractivity contribution < 1.29 is 49.5 Å². The maximum atomic E-state index is 8.33. The maximum Gasteiger partial charge on any atom is 2.00 e. The van der Waals surface area contributed by atoms with E-state index in [4.69, 9.17) is 30.0 Å². The van der Waals surface area contributed by atoms with Gasteiger partial charge in [0.05, 0.1) is 0 Å². The molecule has 0 aliphatic carbocycles. The predicted molar refractivity (Wildman–Crippen MR) is 16.5 cm³/mol. The molecule has 0 aliphatic heterocycles. The molecule has 0 rings (SSSR count). The van der Waals surface area contributed by atoms with Crippen LogP contribution in [0, 0.1) is 0 Å². The standard InChI is InChI=1S/2CH2O3.Mg.Zn/c2*2-1(3)4;;/h2*(H2,2,3,4);;/q;;2*+2/p-4. The summed E-state index contributed by atoms with van der Waals surface area (Å²) in [5.74, 6) is 0. The molecule has 0 amide bonds. The maximum absolute atomic E-state index is 8.33. The van der Waals surface area contributed by atoms with Crippen LogP contribution in [0.2, 0.25) is 0 Å². The van der Waals surface area contributed by atoms with Gasteiger partial charge in [-0.3, -0.25) is 0 Å². The minimum Gasteiger partial charge on any atom is -0.652 e. The summed E-state index contributed by atoms with van der Waals surface area (Å²) in [7, 11) is 0. The van der Waals surface area contributed by atoms with Crippen LogP contribution < -0.4 is 20.4 Å². The van der Waals surface area contributed by atoms with Gasteiger partial charge in [-0.25, -0.2) is 0 Å². The van der Waals surface area contributed by atoms with E-state index >= 15 is 0 Å². The average Bonchev–Trinajstić information content (AvgIpc) is 1.25. The van der Waals surface area contributed by atoms with E-state index in [1.165, 1.54) is 0 Å². The first-order valence-corrected chi connectivity index (χ1v) is 1.22. The van der Waals surface area contributed by atoms with Gasteiger partial charge in [-0.05, 0) is 12.3 Å². The van der Waals surface area contributed by atoms with Crippen molar-refractivity contribution in [2.24, 2.45) is 0 Å². The largest absolute Gasteiger partial charge is 2.00 e. The van der Waals surface area contributed by atoms with Gasteiger partial charge in [-0.15, -0.1) is 0 Å². The number of carbonyl (C=O) groups is 2. The van der Waals surface area contributed by atoms with E-state index in [-0.39, 0.29) is 42.5 Å². The van der Waals surface area contributed by atoms with Gasteiger partial charge in [0.1, 0.15) is 0 Å². The van der Waals surface area contributed by atoms with Crippen LogP contribution in [0.4, 0.5) is 9.59 Å². The van der Waals surface area contributed by atoms with Crippen molar-refractivity contribution in [3.8, 4) is 0 Å². The molecule has 0 radical (unpaired) electrons. The third kappa shape index (κ3) is 76900. The van der Waals surface area contributed by atoms with Gasteiger partial charge in [0, 0.05) is 0 Å². The van der Waals surface area contributed by atoms with Crippen molar-refractivity contribution in [1.29, 1.82) is 0 Å². The fourth-order valence-electron chi connectivity index (χ4n) is 0. The number of hydrogen-bond acceptors (Lipinski definition) is 6. The third-order valence-corrected chi connectivity index (χ3v) is 0. The zero-order chi connectivity index (χ0) is 7.15. The molecule has 0 saturated heterocycles. The Balaban J connectivity index is -0.0000000300. The molecular formula is C2MgO6Zn. The second kappa shape index (κ2) is 16.0. The summed E-state index contributed by atoms with van der Waals surface area (Å²) in [5, 5.41) is 33.3. The number of carboxylic acid groups (broad SMARTS) is 4. The zero-order valence-electron chi connectivity index (χ0n) is 4.86. The summed E-state index contributed by atoms with van der Waals surface area (Å²) in [6.07, 6.45) is -4.67. The average molecular weight is 210 g/mol. The van der Waals surface area contributed by atoms with E-state index in [2.05, 4.69) is 0 Å². The van der Waals surface area contributed by atoms with Crippen molar-refractivity contribution in [3.05, 3.63) is 0 Å². The molecule has 0 N–H and O–H groups in total. The summed E-state index contributed by atoms with van der Waals surface area (Å²) in [5.41, 5.74) is 0. The Morgan fingerprint density at radius 2 is 0.800 bits per heavy atom.